The van der Waals surface area contributed by atoms with Crippen LogP contribution in [0.4, 0.5) is 10.1 Å². The number of nitrogens with one attached hydrogen (secondary N) is 1. The van der Waals surface area contributed by atoms with Crippen LogP contribution in [-0.4, -0.2) is 6.54 Å². The lowest BCUT2D eigenvalue weighted by atomic mass is 10.3. The molecule has 1 rings (SSSR count). The molecule has 0 aliphatic heterocycles. The topological polar surface area (TPSA) is 12.0 Å². The molecule has 0 unspecified atom stereocenters. The van der Waals surface area contributed by atoms with Gasteiger partial charge in [-0.25, -0.2) is 4.39 Å². The lowest BCUT2D eigenvalue weighted by Crippen LogP contribution is -1.99. The summed E-state index contributed by atoms with van der Waals surface area (Å²) in [5.74, 6) is -0.365. The average Bonchev–Trinajstić information content (AvgIpc) is 2.09. The normalized spacial score (nSPS) is 10.7. The molecule has 13 heavy (non-hydrogen) atoms. The summed E-state index contributed by atoms with van der Waals surface area (Å²) in [7, 11) is 0. The van der Waals surface area contributed by atoms with Crippen LogP contribution >= 0.6 is 23.2 Å². The van der Waals surface area contributed by atoms with Crippen LogP contribution in [0.25, 0.3) is 0 Å². The van der Waals surface area contributed by atoms with Crippen molar-refractivity contribution in [3.8, 4) is 0 Å². The highest BCUT2D eigenvalue weighted by Gasteiger charge is 1.99. The minimum absolute atomic E-state index is 0.365. The van der Waals surface area contributed by atoms with Crippen LogP contribution in [0.5, 0.6) is 0 Å². The van der Waals surface area contributed by atoms with Gasteiger partial charge in [0.15, 0.2) is 0 Å². The first-order valence-electron chi connectivity index (χ1n) is 3.68. The van der Waals surface area contributed by atoms with E-state index in [-0.39, 0.29) is 5.82 Å². The van der Waals surface area contributed by atoms with Gasteiger partial charge < -0.3 is 5.32 Å². The Labute approximate surface area is 86.2 Å². The van der Waals surface area contributed by atoms with Crippen LogP contribution in [-0.2, 0) is 0 Å². The van der Waals surface area contributed by atoms with E-state index in [2.05, 4.69) is 5.32 Å². The molecule has 0 aliphatic rings. The second-order valence-electron chi connectivity index (χ2n) is 2.37. The summed E-state index contributed by atoms with van der Waals surface area (Å²) in [6, 6.07) is 4.46. The maximum Gasteiger partial charge on any atom is 0.147 e. The van der Waals surface area contributed by atoms with Crippen molar-refractivity contribution in [2.24, 2.45) is 0 Å². The van der Waals surface area contributed by atoms with Crippen molar-refractivity contribution in [3.05, 3.63) is 40.7 Å². The molecule has 0 fully saturated rings. The van der Waals surface area contributed by atoms with Gasteiger partial charge in [-0.1, -0.05) is 29.3 Å². The van der Waals surface area contributed by atoms with Crippen LogP contribution in [0.1, 0.15) is 0 Å². The smallest absolute Gasteiger partial charge is 0.147 e. The predicted molar refractivity (Wildman–Crippen MR) is 54.9 cm³/mol. The fourth-order valence-electron chi connectivity index (χ4n) is 0.846. The van der Waals surface area contributed by atoms with E-state index in [1.165, 1.54) is 11.6 Å². The summed E-state index contributed by atoms with van der Waals surface area (Å²) in [6.45, 7) is 0.488. The molecule has 70 valence electrons. The molecule has 0 saturated carbocycles. The SMILES string of the molecule is Fc1cc(Cl)ccc1NC/C=C/Cl. The van der Waals surface area contributed by atoms with E-state index in [0.717, 1.165) is 0 Å². The highest BCUT2D eigenvalue weighted by Crippen LogP contribution is 2.18. The van der Waals surface area contributed by atoms with Gasteiger partial charge in [-0.3, -0.25) is 0 Å². The third kappa shape index (κ3) is 3.25. The number of rotatable bonds is 3. The molecule has 0 saturated heterocycles. The van der Waals surface area contributed by atoms with Crippen molar-refractivity contribution >= 4 is 28.9 Å². The van der Waals surface area contributed by atoms with E-state index >= 15 is 0 Å². The Balaban J connectivity index is 2.66. The molecule has 0 amide bonds. The van der Waals surface area contributed by atoms with Gasteiger partial charge in [0.1, 0.15) is 5.82 Å². The molecule has 0 radical (unpaired) electrons. The standard InChI is InChI=1S/C9H8Cl2FN/c10-4-1-5-13-9-3-2-7(11)6-8(9)12/h1-4,6,13H,5H2/b4-1+. The molecule has 0 atom stereocenters. The molecule has 4 heteroatoms. The third-order valence-corrected chi connectivity index (χ3v) is 1.84. The summed E-state index contributed by atoms with van der Waals surface area (Å²) >= 11 is 10.9. The summed E-state index contributed by atoms with van der Waals surface area (Å²) in [5, 5.41) is 3.22. The Morgan fingerprint density at radius 3 is 2.85 bits per heavy atom. The monoisotopic (exact) mass is 219 g/mol. The molecule has 0 aromatic heterocycles. The summed E-state index contributed by atoms with van der Waals surface area (Å²) in [4.78, 5) is 0. The molecule has 0 bridgehead atoms. The van der Waals surface area contributed by atoms with Crippen LogP contribution < -0.4 is 5.32 Å². The van der Waals surface area contributed by atoms with E-state index in [4.69, 9.17) is 23.2 Å². The number of anilines is 1. The Bertz CT molecular complexity index is 312. The molecular formula is C9H8Cl2FN. The van der Waals surface area contributed by atoms with Crippen LogP contribution in [0, 0.1) is 5.82 Å². The molecule has 0 spiro atoms. The molecular weight excluding hydrogens is 212 g/mol. The predicted octanol–water partition coefficient (Wildman–Crippen LogP) is 3.64. The first-order chi connectivity index (χ1) is 6.24. The first kappa shape index (κ1) is 10.4. The number of hydrogen-bond donors (Lipinski definition) is 1. The third-order valence-electron chi connectivity index (χ3n) is 1.43. The Hall–Kier alpha value is -0.730. The molecule has 0 aliphatic carbocycles. The molecule has 1 nitrogen and oxygen atoms in total. The molecule has 1 N–H and O–H groups in total. The van der Waals surface area contributed by atoms with E-state index < -0.39 is 0 Å². The molecule has 0 heterocycles. The quantitative estimate of drug-likeness (QED) is 0.819. The number of halogens is 3. The fourth-order valence-corrected chi connectivity index (χ4v) is 1.09. The van der Waals surface area contributed by atoms with Crippen molar-refractivity contribution in [3.63, 3.8) is 0 Å². The fraction of sp³-hybridized carbons (Fsp3) is 0.111. The van der Waals surface area contributed by atoms with Gasteiger partial charge in [-0.05, 0) is 18.2 Å². The largest absolute Gasteiger partial charge is 0.379 e. The molecule has 1 aromatic carbocycles. The zero-order chi connectivity index (χ0) is 9.68. The van der Waals surface area contributed by atoms with E-state index in [1.807, 2.05) is 0 Å². The first-order valence-corrected chi connectivity index (χ1v) is 4.49. The highest BCUT2D eigenvalue weighted by atomic mass is 35.5. The summed E-state index contributed by atoms with van der Waals surface area (Å²) < 4.78 is 13.1. The van der Waals surface area contributed by atoms with E-state index in [9.17, 15) is 4.39 Å². The zero-order valence-corrected chi connectivity index (χ0v) is 8.24. The van der Waals surface area contributed by atoms with Crippen molar-refractivity contribution in [2.45, 2.75) is 0 Å². The van der Waals surface area contributed by atoms with E-state index in [0.29, 0.717) is 17.3 Å². The van der Waals surface area contributed by atoms with Gasteiger partial charge in [0.2, 0.25) is 0 Å². The van der Waals surface area contributed by atoms with Gasteiger partial charge in [-0.2, -0.15) is 0 Å². The van der Waals surface area contributed by atoms with Crippen molar-refractivity contribution in [2.75, 3.05) is 11.9 Å². The highest BCUT2D eigenvalue weighted by molar-refractivity contribution is 6.30. The van der Waals surface area contributed by atoms with Crippen LogP contribution in [0.3, 0.4) is 0 Å². The van der Waals surface area contributed by atoms with Gasteiger partial charge in [0, 0.05) is 17.1 Å². The van der Waals surface area contributed by atoms with Crippen LogP contribution in [0.2, 0.25) is 5.02 Å². The Kier molecular flexibility index (Phi) is 4.06. The Morgan fingerprint density at radius 1 is 1.46 bits per heavy atom. The van der Waals surface area contributed by atoms with Gasteiger partial charge in [-0.15, -0.1) is 0 Å². The minimum atomic E-state index is -0.365. The Morgan fingerprint density at radius 2 is 2.23 bits per heavy atom. The van der Waals surface area contributed by atoms with Gasteiger partial charge in [0.25, 0.3) is 0 Å². The minimum Gasteiger partial charge on any atom is -0.379 e. The summed E-state index contributed by atoms with van der Waals surface area (Å²) in [5.41, 5.74) is 1.79. The van der Waals surface area contributed by atoms with Crippen molar-refractivity contribution in [1.82, 2.24) is 0 Å². The van der Waals surface area contributed by atoms with E-state index in [1.54, 1.807) is 18.2 Å². The van der Waals surface area contributed by atoms with Crippen molar-refractivity contribution in [1.29, 1.82) is 0 Å². The summed E-state index contributed by atoms with van der Waals surface area (Å²) in [6.07, 6.45) is 1.68. The van der Waals surface area contributed by atoms with Crippen LogP contribution in [0.15, 0.2) is 29.8 Å². The van der Waals surface area contributed by atoms with Gasteiger partial charge >= 0.3 is 0 Å². The maximum atomic E-state index is 13.1. The molecule has 1 aromatic rings. The second kappa shape index (κ2) is 5.10. The maximum absolute atomic E-state index is 13.1. The van der Waals surface area contributed by atoms with Crippen molar-refractivity contribution < 1.29 is 4.39 Å². The average molecular weight is 220 g/mol. The van der Waals surface area contributed by atoms with Gasteiger partial charge in [0.05, 0.1) is 5.69 Å². The second-order valence-corrected chi connectivity index (χ2v) is 3.06. The lowest BCUT2D eigenvalue weighted by molar-refractivity contribution is 0.631. The lowest BCUT2D eigenvalue weighted by Gasteiger charge is -2.04. The number of hydrogen-bond acceptors (Lipinski definition) is 1. The number of benzene rings is 1. The zero-order valence-electron chi connectivity index (χ0n) is 6.73.